The molecule has 3 aromatic carbocycles. The number of rotatable bonds is 3. The van der Waals surface area contributed by atoms with Crippen LogP contribution in [0.2, 0.25) is 5.02 Å². The van der Waals surface area contributed by atoms with Crippen LogP contribution >= 0.6 is 11.6 Å². The molecule has 9 nitrogen and oxygen atoms in total. The molecule has 1 aliphatic carbocycles. The summed E-state index contributed by atoms with van der Waals surface area (Å²) >= 11 is 6.04. The monoisotopic (exact) mass is 600 g/mol. The van der Waals surface area contributed by atoms with Crippen LogP contribution in [-0.2, 0) is 16.1 Å². The van der Waals surface area contributed by atoms with E-state index in [2.05, 4.69) is 0 Å². The van der Waals surface area contributed by atoms with E-state index in [1.54, 1.807) is 62.4 Å². The standard InChI is InChI=1S/C32H26ClFN4O5/c1-17-7-6-10-21(27(17)39)26-20-13-14-35-30(42)37(18-8-4-3-5-9-18)31(43)38(35)25(20)16-22-28(40)36(29(41)32(22,26)2)19-11-12-24(34)23(33)15-19/h3-13,15,22,25-26,39H,14,16H2,1-2H3/t22-,25+,26+,32+/m0/s1. The van der Waals surface area contributed by atoms with Crippen LogP contribution in [-0.4, -0.2) is 30.9 Å². The van der Waals surface area contributed by atoms with Crippen molar-refractivity contribution in [2.24, 2.45) is 11.3 Å². The summed E-state index contributed by atoms with van der Waals surface area (Å²) in [5, 5.41) is 11.1. The molecule has 2 fully saturated rings. The fourth-order valence-corrected chi connectivity index (χ4v) is 7.38. The molecule has 0 unspecified atom stereocenters. The van der Waals surface area contributed by atoms with Gasteiger partial charge < -0.3 is 5.11 Å². The number of halogens is 2. The second-order valence-electron chi connectivity index (χ2n) is 11.5. The summed E-state index contributed by atoms with van der Waals surface area (Å²) in [6.07, 6.45) is 1.88. The van der Waals surface area contributed by atoms with Gasteiger partial charge in [0.15, 0.2) is 0 Å². The van der Waals surface area contributed by atoms with Gasteiger partial charge in [0.25, 0.3) is 0 Å². The van der Waals surface area contributed by atoms with E-state index in [0.29, 0.717) is 22.4 Å². The van der Waals surface area contributed by atoms with E-state index >= 15 is 0 Å². The number of amides is 2. The molecule has 2 aliphatic heterocycles. The number of imide groups is 1. The van der Waals surface area contributed by atoms with Crippen LogP contribution in [0.3, 0.4) is 0 Å². The summed E-state index contributed by atoms with van der Waals surface area (Å²) in [4.78, 5) is 57.1. The molecule has 0 spiro atoms. The molecule has 1 aromatic heterocycles. The van der Waals surface area contributed by atoms with Crippen molar-refractivity contribution in [2.75, 3.05) is 4.90 Å². The molecular weight excluding hydrogens is 575 g/mol. The lowest BCUT2D eigenvalue weighted by molar-refractivity contribution is -0.129. The molecule has 1 saturated heterocycles. The Hall–Kier alpha value is -4.70. The Balaban J connectivity index is 1.45. The molecule has 4 aromatic rings. The third-order valence-corrected chi connectivity index (χ3v) is 9.58. The molecule has 11 heteroatoms. The number of phenolic OH excluding ortho intramolecular Hbond substituents is 1. The van der Waals surface area contributed by atoms with Crippen LogP contribution in [0, 0.1) is 24.1 Å². The molecule has 218 valence electrons. The maximum Gasteiger partial charge on any atom is 0.352 e. The first-order valence-electron chi connectivity index (χ1n) is 13.9. The van der Waals surface area contributed by atoms with E-state index in [1.165, 1.54) is 21.5 Å². The first kappa shape index (κ1) is 27.2. The van der Waals surface area contributed by atoms with Crippen LogP contribution in [0.1, 0.15) is 36.4 Å². The lowest BCUT2D eigenvalue weighted by atomic mass is 9.56. The highest BCUT2D eigenvalue weighted by Crippen LogP contribution is 2.62. The predicted molar refractivity (Wildman–Crippen MR) is 157 cm³/mol. The van der Waals surface area contributed by atoms with Crippen LogP contribution in [0.4, 0.5) is 10.1 Å². The van der Waals surface area contributed by atoms with E-state index in [9.17, 15) is 28.7 Å². The van der Waals surface area contributed by atoms with Gasteiger partial charge in [-0.1, -0.05) is 54.1 Å². The summed E-state index contributed by atoms with van der Waals surface area (Å²) in [5.74, 6) is -3.51. The van der Waals surface area contributed by atoms with Crippen LogP contribution in [0.5, 0.6) is 5.75 Å². The van der Waals surface area contributed by atoms with E-state index in [1.807, 2.05) is 6.08 Å². The van der Waals surface area contributed by atoms with E-state index in [4.69, 9.17) is 11.6 Å². The molecular formula is C32H26ClFN4O5. The number of aromatic nitrogens is 3. The number of anilines is 1. The first-order chi connectivity index (χ1) is 20.6. The number of para-hydroxylation sites is 2. The fourth-order valence-electron chi connectivity index (χ4n) is 7.20. The quantitative estimate of drug-likeness (QED) is 0.276. The predicted octanol–water partition coefficient (Wildman–Crippen LogP) is 4.47. The van der Waals surface area contributed by atoms with Gasteiger partial charge in [0.2, 0.25) is 11.8 Å². The number of phenols is 1. The SMILES string of the molecule is Cc1cccc([C@H]2C3=CCn4c(=O)n(-c5ccccc5)c(=O)n4[C@@H]3C[C@H]3C(=O)N(c4ccc(F)c(Cl)c4)C(=O)[C@@]23C)c1O. The minimum Gasteiger partial charge on any atom is -0.507 e. The van der Waals surface area contributed by atoms with Crippen molar-refractivity contribution in [3.05, 3.63) is 121 Å². The fraction of sp³-hybridized carbons (Fsp3) is 0.250. The summed E-state index contributed by atoms with van der Waals surface area (Å²) in [7, 11) is 0. The van der Waals surface area contributed by atoms with E-state index in [0.717, 1.165) is 15.5 Å². The first-order valence-corrected chi connectivity index (χ1v) is 14.2. The number of carbonyl (C=O) groups is 2. The zero-order valence-corrected chi connectivity index (χ0v) is 24.0. The molecule has 4 atom stereocenters. The summed E-state index contributed by atoms with van der Waals surface area (Å²) in [5.41, 5.74) is -0.243. The molecule has 1 N–H and O–H groups in total. The smallest absolute Gasteiger partial charge is 0.352 e. The third-order valence-electron chi connectivity index (χ3n) is 9.29. The van der Waals surface area contributed by atoms with Gasteiger partial charge in [-0.15, -0.1) is 0 Å². The number of benzene rings is 3. The molecule has 3 aliphatic rings. The summed E-state index contributed by atoms with van der Waals surface area (Å²) in [6.45, 7) is 3.50. The Kier molecular flexibility index (Phi) is 5.94. The minimum absolute atomic E-state index is 0.0188. The maximum absolute atomic E-state index is 14.4. The number of nitrogens with zero attached hydrogens (tertiary/aromatic N) is 4. The lowest BCUT2D eigenvalue weighted by Crippen LogP contribution is -2.49. The van der Waals surface area contributed by atoms with Gasteiger partial charge in [-0.3, -0.25) is 9.59 Å². The Morgan fingerprint density at radius 3 is 2.42 bits per heavy atom. The maximum atomic E-state index is 14.4. The zero-order valence-electron chi connectivity index (χ0n) is 23.2. The Labute approximate surface area is 249 Å². The van der Waals surface area contributed by atoms with Crippen LogP contribution < -0.4 is 16.3 Å². The highest BCUT2D eigenvalue weighted by molar-refractivity contribution is 6.31. The number of hydrogen-bond donors (Lipinski definition) is 1. The summed E-state index contributed by atoms with van der Waals surface area (Å²) < 4.78 is 17.9. The van der Waals surface area contributed by atoms with Crippen molar-refractivity contribution in [1.29, 1.82) is 0 Å². The third kappa shape index (κ3) is 3.62. The van der Waals surface area contributed by atoms with Gasteiger partial charge >= 0.3 is 11.4 Å². The lowest BCUT2D eigenvalue weighted by Gasteiger charge is -2.47. The van der Waals surface area contributed by atoms with Gasteiger partial charge in [-0.05, 0) is 61.7 Å². The van der Waals surface area contributed by atoms with Crippen LogP contribution in [0.15, 0.2) is 88.0 Å². The summed E-state index contributed by atoms with van der Waals surface area (Å²) in [6, 6.07) is 16.7. The Bertz CT molecular complexity index is 2010. The molecule has 7 rings (SSSR count). The van der Waals surface area contributed by atoms with Gasteiger partial charge in [-0.25, -0.2) is 32.8 Å². The van der Waals surface area contributed by atoms with E-state index in [-0.39, 0.29) is 29.4 Å². The number of aryl methyl sites for hydroxylation is 1. The van der Waals surface area contributed by atoms with Gasteiger partial charge in [-0.2, -0.15) is 0 Å². The second kappa shape index (κ2) is 9.40. The van der Waals surface area contributed by atoms with Gasteiger partial charge in [0, 0.05) is 11.5 Å². The van der Waals surface area contributed by atoms with Crippen molar-refractivity contribution < 1.29 is 19.1 Å². The Morgan fingerprint density at radius 2 is 1.70 bits per heavy atom. The normalized spacial score (nSPS) is 24.4. The Morgan fingerprint density at radius 1 is 0.953 bits per heavy atom. The minimum atomic E-state index is -1.38. The number of aromatic hydroxyl groups is 1. The molecule has 43 heavy (non-hydrogen) atoms. The largest absolute Gasteiger partial charge is 0.507 e. The van der Waals surface area contributed by atoms with Crippen molar-refractivity contribution >= 4 is 29.1 Å². The highest BCUT2D eigenvalue weighted by atomic mass is 35.5. The zero-order chi connectivity index (χ0) is 30.4. The number of allylic oxidation sites excluding steroid dienone is 2. The van der Waals surface area contributed by atoms with Crippen molar-refractivity contribution in [2.45, 2.75) is 38.8 Å². The van der Waals surface area contributed by atoms with Gasteiger partial charge in [0.1, 0.15) is 11.6 Å². The highest BCUT2D eigenvalue weighted by Gasteiger charge is 2.65. The molecule has 1 saturated carbocycles. The number of hydrogen-bond acceptors (Lipinski definition) is 5. The molecule has 3 heterocycles. The molecule has 0 radical (unpaired) electrons. The second-order valence-corrected chi connectivity index (χ2v) is 11.9. The van der Waals surface area contributed by atoms with E-state index < -0.39 is 52.3 Å². The average molecular weight is 601 g/mol. The topological polar surface area (TPSA) is 107 Å². The molecule has 2 amide bonds. The number of carbonyl (C=O) groups excluding carboxylic acids is 2. The van der Waals surface area contributed by atoms with Crippen LogP contribution in [0.25, 0.3) is 5.69 Å². The average Bonchev–Trinajstić information content (AvgIpc) is 3.36. The van der Waals surface area contributed by atoms with Gasteiger partial charge in [0.05, 0.1) is 40.3 Å². The molecule has 0 bridgehead atoms. The van der Waals surface area contributed by atoms with Crippen molar-refractivity contribution in [3.8, 4) is 11.4 Å². The van der Waals surface area contributed by atoms with Crippen molar-refractivity contribution in [3.63, 3.8) is 0 Å². The number of fused-ring (bicyclic) bond motifs is 4. The van der Waals surface area contributed by atoms with Crippen molar-refractivity contribution in [1.82, 2.24) is 13.9 Å².